The standard InChI is InChI=1S/C30H28ClN3O6S2/c1-32(2)28(36)24-16-20(35)17-33(24)30(21-9-5-6-10-25(21)40-3)22-15-19(31)12-13-23(22)34(29(30)37)42(38,39)27-14-18-8-4-7-11-26(18)41-27/h4-15,20,24,35H,16-17H2,1-3H3/t20-,24+,30?/m1/s1. The number of aliphatic hydroxyl groups excluding tert-OH is 1. The Morgan fingerprint density at radius 1 is 1.07 bits per heavy atom. The maximum Gasteiger partial charge on any atom is 0.280 e. The van der Waals surface area contributed by atoms with Crippen molar-refractivity contribution < 1.29 is 27.9 Å². The number of likely N-dealkylation sites (tertiary alicyclic amines) is 1. The molecule has 2 aliphatic heterocycles. The summed E-state index contributed by atoms with van der Waals surface area (Å²) < 4.78 is 36.2. The third-order valence-corrected chi connectivity index (χ3v) is 11.4. The summed E-state index contributed by atoms with van der Waals surface area (Å²) in [4.78, 5) is 31.7. The Bertz CT molecular complexity index is 1810. The summed E-state index contributed by atoms with van der Waals surface area (Å²) in [6.45, 7) is -0.0727. The number of likely N-dealkylation sites (N-methyl/N-ethyl adjacent to an activating group) is 1. The molecule has 9 nitrogen and oxygen atoms in total. The van der Waals surface area contributed by atoms with Crippen LogP contribution in [0.1, 0.15) is 17.5 Å². The van der Waals surface area contributed by atoms with E-state index in [0.29, 0.717) is 11.3 Å². The molecule has 3 aromatic carbocycles. The summed E-state index contributed by atoms with van der Waals surface area (Å²) in [5, 5.41) is 11.9. The van der Waals surface area contributed by atoms with Crippen LogP contribution in [0.15, 0.2) is 77.0 Å². The van der Waals surface area contributed by atoms with E-state index in [0.717, 1.165) is 25.7 Å². The van der Waals surface area contributed by atoms with Crippen molar-refractivity contribution >= 4 is 60.5 Å². The molecule has 0 saturated carbocycles. The van der Waals surface area contributed by atoms with Crippen molar-refractivity contribution in [3.05, 3.63) is 88.9 Å². The van der Waals surface area contributed by atoms with Crippen LogP contribution in [0, 0.1) is 0 Å². The second-order valence-corrected chi connectivity index (χ2v) is 14.1. The van der Waals surface area contributed by atoms with Crippen molar-refractivity contribution in [1.29, 1.82) is 0 Å². The second kappa shape index (κ2) is 10.4. The molecule has 12 heteroatoms. The van der Waals surface area contributed by atoms with Gasteiger partial charge in [0.25, 0.3) is 15.9 Å². The third kappa shape index (κ3) is 4.14. The largest absolute Gasteiger partial charge is 0.496 e. The molecule has 1 N–H and O–H groups in total. The molecule has 0 aliphatic carbocycles. The SMILES string of the molecule is COc1ccccc1C1(N2C[C@H](O)C[C@H]2C(=O)N(C)C)C(=O)N(S(=O)(=O)c2cc3ccccc3s2)c2ccc(Cl)cc21. The molecule has 0 spiro atoms. The summed E-state index contributed by atoms with van der Waals surface area (Å²) in [5.41, 5.74) is -1.14. The van der Waals surface area contributed by atoms with Gasteiger partial charge in [-0.15, -0.1) is 11.3 Å². The number of ether oxygens (including phenoxy) is 1. The minimum absolute atomic E-state index is 0.00356. The Hall–Kier alpha value is -3.48. The number of rotatable bonds is 6. The van der Waals surface area contributed by atoms with E-state index in [9.17, 15) is 18.3 Å². The number of β-amino-alcohol motifs (C(OH)–C–C–N with tert-alkyl or cyclic N) is 1. The smallest absolute Gasteiger partial charge is 0.280 e. The molecule has 2 aliphatic rings. The minimum atomic E-state index is -4.44. The summed E-state index contributed by atoms with van der Waals surface area (Å²) in [6, 6.07) is 19.3. The Morgan fingerprint density at radius 3 is 2.50 bits per heavy atom. The van der Waals surface area contributed by atoms with Crippen LogP contribution < -0.4 is 9.04 Å². The van der Waals surface area contributed by atoms with Gasteiger partial charge in [0, 0.05) is 41.5 Å². The van der Waals surface area contributed by atoms with Crippen LogP contribution in [0.25, 0.3) is 10.1 Å². The van der Waals surface area contributed by atoms with Gasteiger partial charge < -0.3 is 14.7 Å². The van der Waals surface area contributed by atoms with Gasteiger partial charge in [-0.05, 0) is 48.2 Å². The first kappa shape index (κ1) is 28.6. The molecule has 4 aromatic rings. The number of carbonyl (C=O) groups excluding carboxylic acids is 2. The van der Waals surface area contributed by atoms with E-state index in [1.54, 1.807) is 55.4 Å². The van der Waals surface area contributed by atoms with E-state index in [2.05, 4.69) is 0 Å². The predicted molar refractivity (Wildman–Crippen MR) is 162 cm³/mol. The highest BCUT2D eigenvalue weighted by atomic mass is 35.5. The van der Waals surface area contributed by atoms with Crippen LogP contribution in [0.3, 0.4) is 0 Å². The number of methoxy groups -OCH3 is 1. The zero-order chi connectivity index (χ0) is 30.0. The summed E-state index contributed by atoms with van der Waals surface area (Å²) in [6.07, 6.45) is -0.894. The maximum atomic E-state index is 15.1. The average molecular weight is 626 g/mol. The molecule has 3 atom stereocenters. The molecule has 0 radical (unpaired) electrons. The predicted octanol–water partition coefficient (Wildman–Crippen LogP) is 4.07. The van der Waals surface area contributed by atoms with Crippen molar-refractivity contribution in [2.45, 2.75) is 28.3 Å². The molecule has 2 amide bonds. The Morgan fingerprint density at radius 2 is 1.79 bits per heavy atom. The molecular formula is C30H28ClN3O6S2. The zero-order valence-corrected chi connectivity index (χ0v) is 25.4. The number of hydrogen-bond donors (Lipinski definition) is 1. The van der Waals surface area contributed by atoms with E-state index in [1.807, 2.05) is 24.3 Å². The van der Waals surface area contributed by atoms with E-state index < -0.39 is 33.6 Å². The van der Waals surface area contributed by atoms with Gasteiger partial charge in [-0.25, -0.2) is 0 Å². The topological polar surface area (TPSA) is 107 Å². The van der Waals surface area contributed by atoms with Crippen molar-refractivity contribution in [3.8, 4) is 5.75 Å². The number of halogens is 1. The summed E-state index contributed by atoms with van der Waals surface area (Å²) in [5.74, 6) is -0.828. The van der Waals surface area contributed by atoms with Crippen molar-refractivity contribution in [3.63, 3.8) is 0 Å². The van der Waals surface area contributed by atoms with Crippen LogP contribution in [-0.2, 0) is 25.2 Å². The monoisotopic (exact) mass is 625 g/mol. The van der Waals surface area contributed by atoms with Crippen LogP contribution in [0.2, 0.25) is 5.02 Å². The summed E-state index contributed by atoms with van der Waals surface area (Å²) in [7, 11) is 0.214. The van der Waals surface area contributed by atoms with Crippen LogP contribution in [0.5, 0.6) is 5.75 Å². The first-order chi connectivity index (χ1) is 20.0. The highest BCUT2D eigenvalue weighted by Crippen LogP contribution is 2.55. The van der Waals surface area contributed by atoms with E-state index in [-0.39, 0.29) is 39.4 Å². The van der Waals surface area contributed by atoms with Gasteiger partial charge in [-0.1, -0.05) is 48.0 Å². The number of nitrogens with zero attached hydrogens (tertiary/aromatic N) is 3. The maximum absolute atomic E-state index is 15.1. The fraction of sp³-hybridized carbons (Fsp3) is 0.267. The molecule has 6 rings (SSSR count). The number of sulfonamides is 1. The Balaban J connectivity index is 1.67. The molecule has 218 valence electrons. The first-order valence-electron chi connectivity index (χ1n) is 13.2. The van der Waals surface area contributed by atoms with Crippen molar-refractivity contribution in [1.82, 2.24) is 9.80 Å². The number of para-hydroxylation sites is 1. The number of amides is 2. The van der Waals surface area contributed by atoms with Gasteiger partial charge in [0.15, 0.2) is 5.54 Å². The number of thiophene rings is 1. The number of benzene rings is 3. The molecule has 1 fully saturated rings. The Kier molecular flexibility index (Phi) is 7.06. The highest BCUT2D eigenvalue weighted by molar-refractivity contribution is 7.95. The fourth-order valence-electron chi connectivity index (χ4n) is 6.11. The van der Waals surface area contributed by atoms with Crippen molar-refractivity contribution in [2.75, 3.05) is 32.1 Å². The lowest BCUT2D eigenvalue weighted by Crippen LogP contribution is -2.59. The molecular weight excluding hydrogens is 598 g/mol. The molecule has 0 bridgehead atoms. The zero-order valence-electron chi connectivity index (χ0n) is 23.0. The van der Waals surface area contributed by atoms with E-state index in [1.165, 1.54) is 24.1 Å². The molecule has 1 saturated heterocycles. The number of carbonyl (C=O) groups is 2. The number of anilines is 1. The van der Waals surface area contributed by atoms with Gasteiger partial charge in [-0.2, -0.15) is 12.7 Å². The van der Waals surface area contributed by atoms with E-state index >= 15 is 4.79 Å². The van der Waals surface area contributed by atoms with Crippen LogP contribution in [-0.4, -0.2) is 75.0 Å². The Labute approximate surface area is 252 Å². The second-order valence-electron chi connectivity index (χ2n) is 10.5. The number of aliphatic hydroxyl groups is 1. The summed E-state index contributed by atoms with van der Waals surface area (Å²) >= 11 is 7.59. The van der Waals surface area contributed by atoms with Crippen molar-refractivity contribution in [2.24, 2.45) is 0 Å². The molecule has 1 aromatic heterocycles. The lowest BCUT2D eigenvalue weighted by molar-refractivity contribution is -0.138. The van der Waals surface area contributed by atoms with Gasteiger partial charge in [0.1, 0.15) is 9.96 Å². The lowest BCUT2D eigenvalue weighted by atomic mass is 9.80. The van der Waals surface area contributed by atoms with Gasteiger partial charge in [0.05, 0.1) is 24.9 Å². The van der Waals surface area contributed by atoms with E-state index in [4.69, 9.17) is 16.3 Å². The van der Waals surface area contributed by atoms with Gasteiger partial charge >= 0.3 is 0 Å². The quantitative estimate of drug-likeness (QED) is 0.344. The highest BCUT2D eigenvalue weighted by Gasteiger charge is 2.64. The van der Waals surface area contributed by atoms with Gasteiger partial charge in [0.2, 0.25) is 5.91 Å². The fourth-order valence-corrected chi connectivity index (χ4v) is 9.22. The molecule has 1 unspecified atom stereocenters. The average Bonchev–Trinajstić information content (AvgIpc) is 3.65. The van der Waals surface area contributed by atoms with Gasteiger partial charge in [-0.3, -0.25) is 14.5 Å². The lowest BCUT2D eigenvalue weighted by Gasteiger charge is -2.42. The normalized spacial score (nSPS) is 22.5. The number of fused-ring (bicyclic) bond motifs is 2. The minimum Gasteiger partial charge on any atom is -0.496 e. The third-order valence-electron chi connectivity index (χ3n) is 7.89. The molecule has 3 heterocycles. The first-order valence-corrected chi connectivity index (χ1v) is 15.8. The van der Waals surface area contributed by atoms with Crippen LogP contribution >= 0.6 is 22.9 Å². The molecule has 42 heavy (non-hydrogen) atoms. The van der Waals surface area contributed by atoms with Crippen LogP contribution in [0.4, 0.5) is 5.69 Å². The number of hydrogen-bond acceptors (Lipinski definition) is 8.